The molecular formula is C18H18N2O4. The summed E-state index contributed by atoms with van der Waals surface area (Å²) in [5.41, 5.74) is 1.52. The quantitative estimate of drug-likeness (QED) is 0.796. The van der Waals surface area contributed by atoms with Crippen molar-refractivity contribution >= 4 is 10.9 Å². The number of nitrogens with zero attached hydrogens (tertiary/aromatic N) is 1. The van der Waals surface area contributed by atoms with Crippen LogP contribution < -0.4 is 20.7 Å². The average Bonchev–Trinajstić information content (AvgIpc) is 2.59. The van der Waals surface area contributed by atoms with E-state index in [1.54, 1.807) is 44.6 Å². The van der Waals surface area contributed by atoms with Gasteiger partial charge < -0.3 is 14.5 Å². The summed E-state index contributed by atoms with van der Waals surface area (Å²) >= 11 is 0. The monoisotopic (exact) mass is 326 g/mol. The summed E-state index contributed by atoms with van der Waals surface area (Å²) in [5.74, 6) is 1.15. The van der Waals surface area contributed by atoms with Crippen LogP contribution in [-0.2, 0) is 6.54 Å². The Morgan fingerprint density at radius 3 is 2.46 bits per heavy atom. The van der Waals surface area contributed by atoms with Crippen LogP contribution in [0.4, 0.5) is 0 Å². The topological polar surface area (TPSA) is 73.3 Å². The number of aromatic nitrogens is 2. The molecule has 0 unspecified atom stereocenters. The van der Waals surface area contributed by atoms with Crippen molar-refractivity contribution in [3.8, 4) is 11.5 Å². The van der Waals surface area contributed by atoms with Crippen molar-refractivity contribution in [2.75, 3.05) is 14.2 Å². The van der Waals surface area contributed by atoms with Crippen LogP contribution in [0.2, 0.25) is 0 Å². The standard InChI is InChI=1S/C18H18N2O4/c1-11-4-6-14-13(8-11)17(21)20(18(22)19-14)10-12-5-7-15(23-2)16(9-12)24-3/h4-9H,10H2,1-3H3,(H,19,22). The van der Waals surface area contributed by atoms with E-state index in [1.165, 1.54) is 4.57 Å². The minimum atomic E-state index is -0.439. The van der Waals surface area contributed by atoms with Gasteiger partial charge in [-0.3, -0.25) is 9.36 Å². The van der Waals surface area contributed by atoms with Crippen molar-refractivity contribution < 1.29 is 9.47 Å². The maximum absolute atomic E-state index is 12.7. The molecule has 124 valence electrons. The molecule has 24 heavy (non-hydrogen) atoms. The second-order valence-electron chi connectivity index (χ2n) is 5.56. The Morgan fingerprint density at radius 2 is 1.75 bits per heavy atom. The van der Waals surface area contributed by atoms with Crippen molar-refractivity contribution in [1.29, 1.82) is 0 Å². The van der Waals surface area contributed by atoms with E-state index < -0.39 is 5.69 Å². The third kappa shape index (κ3) is 2.78. The molecule has 1 aromatic heterocycles. The maximum atomic E-state index is 12.7. The molecule has 0 fully saturated rings. The Morgan fingerprint density at radius 1 is 1.00 bits per heavy atom. The van der Waals surface area contributed by atoms with Gasteiger partial charge in [0.25, 0.3) is 5.56 Å². The van der Waals surface area contributed by atoms with Gasteiger partial charge in [-0.2, -0.15) is 0 Å². The largest absolute Gasteiger partial charge is 0.493 e. The lowest BCUT2D eigenvalue weighted by Gasteiger charge is -2.11. The van der Waals surface area contributed by atoms with Crippen LogP contribution in [0.5, 0.6) is 11.5 Å². The Bertz CT molecular complexity index is 1020. The van der Waals surface area contributed by atoms with Gasteiger partial charge >= 0.3 is 5.69 Å². The first-order valence-electron chi connectivity index (χ1n) is 7.48. The fraction of sp³-hybridized carbons (Fsp3) is 0.222. The van der Waals surface area contributed by atoms with E-state index in [2.05, 4.69) is 4.98 Å². The molecule has 1 N–H and O–H groups in total. The van der Waals surface area contributed by atoms with E-state index in [9.17, 15) is 9.59 Å². The molecule has 0 radical (unpaired) electrons. The van der Waals surface area contributed by atoms with Gasteiger partial charge in [0, 0.05) is 0 Å². The van der Waals surface area contributed by atoms with Gasteiger partial charge in [-0.1, -0.05) is 17.7 Å². The van der Waals surface area contributed by atoms with Gasteiger partial charge in [0.15, 0.2) is 11.5 Å². The minimum absolute atomic E-state index is 0.151. The molecule has 0 atom stereocenters. The molecule has 0 saturated carbocycles. The van der Waals surface area contributed by atoms with Crippen LogP contribution in [0, 0.1) is 6.92 Å². The fourth-order valence-electron chi connectivity index (χ4n) is 2.67. The summed E-state index contributed by atoms with van der Waals surface area (Å²) in [4.78, 5) is 27.7. The molecule has 2 aromatic carbocycles. The van der Waals surface area contributed by atoms with Crippen molar-refractivity contribution in [2.45, 2.75) is 13.5 Å². The molecule has 6 nitrogen and oxygen atoms in total. The lowest BCUT2D eigenvalue weighted by atomic mass is 10.1. The number of H-pyrrole nitrogens is 1. The SMILES string of the molecule is COc1ccc(Cn2c(=O)[nH]c3ccc(C)cc3c2=O)cc1OC. The zero-order chi connectivity index (χ0) is 17.3. The van der Waals surface area contributed by atoms with Crippen LogP contribution in [-0.4, -0.2) is 23.8 Å². The number of hydrogen-bond donors (Lipinski definition) is 1. The summed E-state index contributed by atoms with van der Waals surface area (Å²) in [6, 6.07) is 10.7. The van der Waals surface area contributed by atoms with Crippen molar-refractivity contribution in [2.24, 2.45) is 0 Å². The molecule has 0 spiro atoms. The smallest absolute Gasteiger partial charge is 0.329 e. The van der Waals surface area contributed by atoms with Gasteiger partial charge in [-0.05, 0) is 36.8 Å². The third-order valence-electron chi connectivity index (χ3n) is 3.93. The van der Waals surface area contributed by atoms with Gasteiger partial charge in [0.05, 0.1) is 31.7 Å². The van der Waals surface area contributed by atoms with Crippen LogP contribution in [0.3, 0.4) is 0 Å². The molecule has 1 heterocycles. The van der Waals surface area contributed by atoms with Gasteiger partial charge in [-0.15, -0.1) is 0 Å². The molecular weight excluding hydrogens is 308 g/mol. The second kappa shape index (κ2) is 6.23. The molecule has 0 aliphatic heterocycles. The van der Waals surface area contributed by atoms with E-state index in [0.717, 1.165) is 11.1 Å². The van der Waals surface area contributed by atoms with Crippen molar-refractivity contribution in [3.05, 3.63) is 68.4 Å². The highest BCUT2D eigenvalue weighted by molar-refractivity contribution is 5.77. The zero-order valence-electron chi connectivity index (χ0n) is 13.8. The number of rotatable bonds is 4. The van der Waals surface area contributed by atoms with E-state index >= 15 is 0 Å². The third-order valence-corrected chi connectivity index (χ3v) is 3.93. The molecule has 0 amide bonds. The molecule has 3 rings (SSSR count). The second-order valence-corrected chi connectivity index (χ2v) is 5.56. The Hall–Kier alpha value is -3.02. The van der Waals surface area contributed by atoms with Gasteiger partial charge in [0.2, 0.25) is 0 Å². The molecule has 6 heteroatoms. The number of ether oxygens (including phenoxy) is 2. The first-order chi connectivity index (χ1) is 11.5. The normalized spacial score (nSPS) is 10.8. The molecule has 0 saturated heterocycles. The lowest BCUT2D eigenvalue weighted by Crippen LogP contribution is -2.35. The highest BCUT2D eigenvalue weighted by Gasteiger charge is 2.10. The average molecular weight is 326 g/mol. The first-order valence-corrected chi connectivity index (χ1v) is 7.48. The van der Waals surface area contributed by atoms with Crippen LogP contribution in [0.15, 0.2) is 46.0 Å². The number of methoxy groups -OCH3 is 2. The number of fused-ring (bicyclic) bond motifs is 1. The zero-order valence-corrected chi connectivity index (χ0v) is 13.8. The Kier molecular flexibility index (Phi) is 4.12. The van der Waals surface area contributed by atoms with Crippen molar-refractivity contribution in [3.63, 3.8) is 0 Å². The fourth-order valence-corrected chi connectivity index (χ4v) is 2.67. The minimum Gasteiger partial charge on any atom is -0.493 e. The molecule has 0 aliphatic rings. The van der Waals surface area contributed by atoms with Crippen LogP contribution >= 0.6 is 0 Å². The highest BCUT2D eigenvalue weighted by Crippen LogP contribution is 2.27. The van der Waals surface area contributed by atoms with Crippen LogP contribution in [0.25, 0.3) is 10.9 Å². The molecule has 0 aliphatic carbocycles. The number of benzene rings is 2. The maximum Gasteiger partial charge on any atom is 0.329 e. The summed E-state index contributed by atoms with van der Waals surface area (Å²) in [5, 5.41) is 0.495. The predicted octanol–water partition coefficient (Wildman–Crippen LogP) is 2.06. The molecule has 0 bridgehead atoms. The first kappa shape index (κ1) is 15.9. The van der Waals surface area contributed by atoms with Crippen LogP contribution in [0.1, 0.15) is 11.1 Å². The van der Waals surface area contributed by atoms with Crippen molar-refractivity contribution in [1.82, 2.24) is 9.55 Å². The number of hydrogen-bond acceptors (Lipinski definition) is 4. The summed E-state index contributed by atoms with van der Waals surface area (Å²) < 4.78 is 11.6. The van der Waals surface area contributed by atoms with Gasteiger partial charge in [0.1, 0.15) is 0 Å². The summed E-state index contributed by atoms with van der Waals surface area (Å²) in [6.07, 6.45) is 0. The van der Waals surface area contributed by atoms with E-state index in [0.29, 0.717) is 22.4 Å². The summed E-state index contributed by atoms with van der Waals surface area (Å²) in [7, 11) is 3.10. The summed E-state index contributed by atoms with van der Waals surface area (Å²) in [6.45, 7) is 2.06. The Balaban J connectivity index is 2.10. The lowest BCUT2D eigenvalue weighted by molar-refractivity contribution is 0.354. The Labute approximate surface area is 138 Å². The van der Waals surface area contributed by atoms with E-state index in [-0.39, 0.29) is 12.1 Å². The van der Waals surface area contributed by atoms with E-state index in [4.69, 9.17) is 9.47 Å². The number of aryl methyl sites for hydroxylation is 1. The molecule has 3 aromatic rings. The number of aromatic amines is 1. The predicted molar refractivity (Wildman–Crippen MR) is 92.2 cm³/mol. The highest BCUT2D eigenvalue weighted by atomic mass is 16.5. The van der Waals surface area contributed by atoms with E-state index in [1.807, 2.05) is 13.0 Å². The van der Waals surface area contributed by atoms with Gasteiger partial charge in [-0.25, -0.2) is 4.79 Å². The number of nitrogens with one attached hydrogen (secondary N) is 1.